The fourth-order valence-electron chi connectivity index (χ4n) is 2.34. The molecular weight excluding hydrogens is 343 g/mol. The number of allylic oxidation sites excluding steroid dienone is 5. The Kier molecular flexibility index (Phi) is 3.53. The third-order valence-electron chi connectivity index (χ3n) is 3.35. The molecule has 0 radical (unpaired) electrons. The van der Waals surface area contributed by atoms with Gasteiger partial charge in [-0.2, -0.15) is 13.2 Å². The summed E-state index contributed by atoms with van der Waals surface area (Å²) in [4.78, 5) is 1.97. The molecule has 2 aliphatic rings. The van der Waals surface area contributed by atoms with E-state index < -0.39 is 11.7 Å². The molecule has 0 fully saturated rings. The molecule has 108 valence electrons. The minimum absolute atomic E-state index is 0.631. The number of nitrogens with zero attached hydrogens (tertiary/aromatic N) is 1. The first-order chi connectivity index (χ1) is 9.95. The second-order valence-electron chi connectivity index (χ2n) is 4.75. The first-order valence-electron chi connectivity index (χ1n) is 6.38. The van der Waals surface area contributed by atoms with Gasteiger partial charge in [-0.3, -0.25) is 0 Å². The summed E-state index contributed by atoms with van der Waals surface area (Å²) in [6.45, 7) is 0. The molecule has 1 nitrogen and oxygen atoms in total. The summed E-state index contributed by atoms with van der Waals surface area (Å²) < 4.78 is 38.8. The van der Waals surface area contributed by atoms with Crippen molar-refractivity contribution in [1.29, 1.82) is 0 Å². The molecule has 0 amide bonds. The number of hydrogen-bond donors (Lipinski definition) is 0. The molecule has 0 unspecified atom stereocenters. The second kappa shape index (κ2) is 5.22. The van der Waals surface area contributed by atoms with E-state index in [1.807, 2.05) is 29.3 Å². The van der Waals surface area contributed by atoms with Crippen molar-refractivity contribution in [3.8, 4) is 0 Å². The van der Waals surface area contributed by atoms with Crippen molar-refractivity contribution in [2.24, 2.45) is 0 Å². The molecular formula is C16H11BrF3N. The predicted octanol–water partition coefficient (Wildman–Crippen LogP) is 5.44. The summed E-state index contributed by atoms with van der Waals surface area (Å²) >= 11 is 3.42. The minimum atomic E-state index is -4.30. The zero-order valence-electron chi connectivity index (χ0n) is 10.9. The van der Waals surface area contributed by atoms with E-state index in [0.717, 1.165) is 40.0 Å². The van der Waals surface area contributed by atoms with Crippen LogP contribution in [0.25, 0.3) is 5.70 Å². The Balaban J connectivity index is 1.94. The van der Waals surface area contributed by atoms with E-state index in [-0.39, 0.29) is 0 Å². The van der Waals surface area contributed by atoms with Gasteiger partial charge in [-0.15, -0.1) is 0 Å². The molecule has 0 N–H and O–H groups in total. The van der Waals surface area contributed by atoms with Crippen LogP contribution in [0, 0.1) is 0 Å². The van der Waals surface area contributed by atoms with Gasteiger partial charge in [0.1, 0.15) is 0 Å². The van der Waals surface area contributed by atoms with Crippen LogP contribution < -0.4 is 0 Å². The highest BCUT2D eigenvalue weighted by Crippen LogP contribution is 2.35. The predicted molar refractivity (Wildman–Crippen MR) is 80.1 cm³/mol. The first kappa shape index (κ1) is 14.2. The van der Waals surface area contributed by atoms with Crippen LogP contribution in [0.15, 0.2) is 64.9 Å². The fourth-order valence-corrected chi connectivity index (χ4v) is 2.67. The Morgan fingerprint density at radius 2 is 1.71 bits per heavy atom. The smallest absolute Gasteiger partial charge is 0.316 e. The van der Waals surface area contributed by atoms with Crippen LogP contribution in [0.1, 0.15) is 17.5 Å². The normalized spacial score (nSPS) is 17.9. The molecule has 2 heterocycles. The molecule has 0 saturated heterocycles. The zero-order valence-corrected chi connectivity index (χ0v) is 12.4. The molecule has 0 saturated carbocycles. The van der Waals surface area contributed by atoms with Crippen molar-refractivity contribution >= 4 is 21.6 Å². The van der Waals surface area contributed by atoms with Gasteiger partial charge < -0.3 is 4.90 Å². The summed E-state index contributed by atoms with van der Waals surface area (Å²) in [5.74, 6) is 0. The molecule has 2 aliphatic heterocycles. The first-order valence-corrected chi connectivity index (χ1v) is 7.17. The van der Waals surface area contributed by atoms with E-state index in [9.17, 15) is 13.2 Å². The highest BCUT2D eigenvalue weighted by atomic mass is 79.9. The molecule has 1 aromatic rings. The molecule has 0 aromatic heterocycles. The lowest BCUT2D eigenvalue weighted by Gasteiger charge is -2.30. The van der Waals surface area contributed by atoms with E-state index in [4.69, 9.17) is 0 Å². The summed E-state index contributed by atoms with van der Waals surface area (Å²) in [6.07, 6.45) is 6.36. The zero-order chi connectivity index (χ0) is 15.0. The summed E-state index contributed by atoms with van der Waals surface area (Å²) in [5.41, 5.74) is 2.05. The van der Waals surface area contributed by atoms with Gasteiger partial charge in [-0.05, 0) is 52.2 Å². The van der Waals surface area contributed by atoms with E-state index in [0.29, 0.717) is 0 Å². The highest BCUT2D eigenvalue weighted by Gasteiger charge is 2.30. The molecule has 0 spiro atoms. The van der Waals surface area contributed by atoms with Crippen LogP contribution in [0.3, 0.4) is 0 Å². The maximum Gasteiger partial charge on any atom is 0.416 e. The number of halogens is 4. The number of fused-ring (bicyclic) bond motifs is 1. The number of rotatable bonds is 1. The molecule has 0 aliphatic carbocycles. The van der Waals surface area contributed by atoms with Gasteiger partial charge in [0, 0.05) is 22.1 Å². The molecule has 5 heteroatoms. The van der Waals surface area contributed by atoms with Crippen LogP contribution in [0.5, 0.6) is 0 Å². The van der Waals surface area contributed by atoms with Gasteiger partial charge >= 0.3 is 6.18 Å². The van der Waals surface area contributed by atoms with Gasteiger partial charge in [0.2, 0.25) is 0 Å². The van der Waals surface area contributed by atoms with Crippen LogP contribution in [-0.2, 0) is 6.18 Å². The van der Waals surface area contributed by atoms with Crippen LogP contribution in [0.4, 0.5) is 13.2 Å². The average molecular weight is 354 g/mol. The lowest BCUT2D eigenvalue weighted by molar-refractivity contribution is -0.137. The lowest BCUT2D eigenvalue weighted by Crippen LogP contribution is -2.19. The monoisotopic (exact) mass is 353 g/mol. The van der Waals surface area contributed by atoms with Crippen molar-refractivity contribution in [2.75, 3.05) is 0 Å². The molecule has 1 aromatic carbocycles. The third-order valence-corrected chi connectivity index (χ3v) is 3.82. The van der Waals surface area contributed by atoms with Crippen molar-refractivity contribution < 1.29 is 13.2 Å². The Hall–Kier alpha value is -1.75. The van der Waals surface area contributed by atoms with Crippen molar-refractivity contribution in [3.63, 3.8) is 0 Å². The molecule has 21 heavy (non-hydrogen) atoms. The Labute approximate surface area is 128 Å². The molecule has 0 bridgehead atoms. The van der Waals surface area contributed by atoms with E-state index in [2.05, 4.69) is 22.0 Å². The largest absolute Gasteiger partial charge is 0.416 e. The fraction of sp³-hybridized carbons (Fsp3) is 0.125. The van der Waals surface area contributed by atoms with Crippen molar-refractivity contribution in [3.05, 3.63) is 76.1 Å². The lowest BCUT2D eigenvalue weighted by atomic mass is 10.0. The van der Waals surface area contributed by atoms with Crippen molar-refractivity contribution in [2.45, 2.75) is 12.6 Å². The van der Waals surface area contributed by atoms with E-state index in [1.165, 1.54) is 12.1 Å². The van der Waals surface area contributed by atoms with Gasteiger partial charge in [-0.25, -0.2) is 0 Å². The molecule has 3 rings (SSSR count). The highest BCUT2D eigenvalue weighted by molar-refractivity contribution is 9.11. The Morgan fingerprint density at radius 3 is 2.38 bits per heavy atom. The van der Waals surface area contributed by atoms with Gasteiger partial charge in [0.25, 0.3) is 0 Å². The topological polar surface area (TPSA) is 3.24 Å². The maximum absolute atomic E-state index is 12.6. The summed E-state index contributed by atoms with van der Waals surface area (Å²) in [5, 5.41) is 0. The second-order valence-corrected chi connectivity index (χ2v) is 5.66. The molecule has 0 atom stereocenters. The third kappa shape index (κ3) is 2.83. The average Bonchev–Trinajstić information content (AvgIpc) is 2.46. The standard InChI is InChI=1S/C16H11BrF3N/c17-13-8-9-14-2-1-3-15(21(14)10-13)11-4-6-12(7-5-11)16(18,19)20/h2-10H,1H2. The van der Waals surface area contributed by atoms with E-state index in [1.54, 1.807) is 0 Å². The quantitative estimate of drug-likeness (QED) is 0.649. The van der Waals surface area contributed by atoms with E-state index >= 15 is 0 Å². The Morgan fingerprint density at radius 1 is 1.00 bits per heavy atom. The maximum atomic E-state index is 12.6. The minimum Gasteiger partial charge on any atom is -0.316 e. The summed E-state index contributed by atoms with van der Waals surface area (Å²) in [7, 11) is 0. The van der Waals surface area contributed by atoms with Crippen molar-refractivity contribution in [1.82, 2.24) is 4.90 Å². The number of hydrogen-bond acceptors (Lipinski definition) is 1. The van der Waals surface area contributed by atoms with Gasteiger partial charge in [0.15, 0.2) is 0 Å². The van der Waals surface area contributed by atoms with Crippen LogP contribution in [-0.4, -0.2) is 4.90 Å². The Bertz CT molecular complexity index is 678. The van der Waals surface area contributed by atoms with Crippen LogP contribution >= 0.6 is 15.9 Å². The van der Waals surface area contributed by atoms with Gasteiger partial charge in [-0.1, -0.05) is 24.3 Å². The number of alkyl halides is 3. The SMILES string of the molecule is FC(F)(F)c1ccc(C2=CCC=C3C=CC(Br)=CN32)cc1. The number of benzene rings is 1. The van der Waals surface area contributed by atoms with Gasteiger partial charge in [0.05, 0.1) is 5.56 Å². The van der Waals surface area contributed by atoms with Crippen LogP contribution in [0.2, 0.25) is 0 Å². The summed E-state index contributed by atoms with van der Waals surface area (Å²) in [6, 6.07) is 5.26.